The number of aromatic nitrogens is 7. The molecule has 19 heteroatoms. The highest BCUT2D eigenvalue weighted by Crippen LogP contribution is 2.51. The minimum Gasteiger partial charge on any atom is -0.388 e. The number of anilines is 2. The molecular weight excluding hydrogens is 565 g/mol. The van der Waals surface area contributed by atoms with Gasteiger partial charge in [-0.25, -0.2) is 19.5 Å². The summed E-state index contributed by atoms with van der Waals surface area (Å²) in [5.41, 5.74) is 11.7. The highest BCUT2D eigenvalue weighted by molar-refractivity contribution is 7.47. The number of aliphatic hydroxyl groups excluding tert-OH is 1. The van der Waals surface area contributed by atoms with Crippen LogP contribution in [0.5, 0.6) is 0 Å². The minimum atomic E-state index is -4.69. The molecule has 0 aromatic carbocycles. The van der Waals surface area contributed by atoms with E-state index in [9.17, 15) is 19.4 Å². The van der Waals surface area contributed by atoms with Gasteiger partial charge in [0.15, 0.2) is 29.9 Å². The smallest absolute Gasteiger partial charge is 0.388 e. The fraction of sp³-hybridized carbons (Fsp3) is 0.500. The van der Waals surface area contributed by atoms with E-state index in [0.717, 1.165) is 0 Å². The molecule has 2 bridgehead atoms. The van der Waals surface area contributed by atoms with Crippen LogP contribution in [0.4, 0.5) is 11.8 Å². The Balaban J connectivity index is 1.15. The van der Waals surface area contributed by atoms with E-state index in [4.69, 9.17) is 34.7 Å². The monoisotopic (exact) mass is 591 g/mol. The van der Waals surface area contributed by atoms with Gasteiger partial charge < -0.3 is 40.2 Å². The van der Waals surface area contributed by atoms with Gasteiger partial charge in [-0.15, -0.1) is 0 Å². The summed E-state index contributed by atoms with van der Waals surface area (Å²) in [6.45, 7) is -0.197. The first-order valence-electron chi connectivity index (χ1n) is 12.7. The number of H-pyrrole nitrogens is 1. The molecule has 3 aliphatic rings. The van der Waals surface area contributed by atoms with Gasteiger partial charge in [0.2, 0.25) is 5.95 Å². The number of aromatic amines is 1. The summed E-state index contributed by atoms with van der Waals surface area (Å²) in [6, 6.07) is 1.72. The third kappa shape index (κ3) is 4.58. The van der Waals surface area contributed by atoms with Crippen LogP contribution >= 0.6 is 7.82 Å². The maximum absolute atomic E-state index is 13.1. The summed E-state index contributed by atoms with van der Waals surface area (Å²) in [4.78, 5) is 41.7. The molecule has 3 aliphatic heterocycles. The number of phosphoric acid groups is 1. The number of hydrogen-bond acceptors (Lipinski definition) is 14. The van der Waals surface area contributed by atoms with Crippen molar-refractivity contribution in [3.05, 3.63) is 35.3 Å². The van der Waals surface area contributed by atoms with Gasteiger partial charge >= 0.3 is 7.82 Å². The van der Waals surface area contributed by atoms with Gasteiger partial charge in [0.1, 0.15) is 30.0 Å². The van der Waals surface area contributed by atoms with Gasteiger partial charge in [0, 0.05) is 18.5 Å². The second kappa shape index (κ2) is 9.81. The largest absolute Gasteiger partial charge is 0.472 e. The Morgan fingerprint density at radius 1 is 1.10 bits per heavy atom. The van der Waals surface area contributed by atoms with Crippen molar-refractivity contribution < 1.29 is 37.8 Å². The third-order valence-electron chi connectivity index (χ3n) is 7.52. The number of imidazole rings is 1. The number of nitrogen functional groups attached to an aromatic ring is 2. The molecule has 41 heavy (non-hydrogen) atoms. The SMILES string of the molecule is Nc1nc2c(ncn2[C@@H]2OC3C[C@H]2OP(=O)(O)OC[C@H]2O[C@@H](n4ccc5c(N)ncnc54)[C@H](O)[C@@H]2CCO3)c(=O)[nH]1. The van der Waals surface area contributed by atoms with E-state index in [2.05, 4.69) is 24.9 Å². The van der Waals surface area contributed by atoms with Gasteiger partial charge in [0.25, 0.3) is 5.56 Å². The fourth-order valence-electron chi connectivity index (χ4n) is 5.62. The maximum atomic E-state index is 13.1. The van der Waals surface area contributed by atoms with Crippen molar-refractivity contribution in [2.75, 3.05) is 24.7 Å². The topological polar surface area (TPSA) is 250 Å². The van der Waals surface area contributed by atoms with E-state index in [0.29, 0.717) is 17.5 Å². The summed E-state index contributed by atoms with van der Waals surface area (Å²) in [5, 5.41) is 11.9. The van der Waals surface area contributed by atoms with Crippen LogP contribution in [0.2, 0.25) is 0 Å². The summed E-state index contributed by atoms with van der Waals surface area (Å²) in [7, 11) is -4.69. The first kappa shape index (κ1) is 26.4. The fourth-order valence-corrected chi connectivity index (χ4v) is 6.55. The van der Waals surface area contributed by atoms with Crippen LogP contribution in [0, 0.1) is 5.92 Å². The lowest BCUT2D eigenvalue weighted by Gasteiger charge is -2.24. The molecule has 3 fully saturated rings. The molecule has 3 saturated heterocycles. The molecule has 7 N–H and O–H groups in total. The highest BCUT2D eigenvalue weighted by atomic mass is 31.2. The van der Waals surface area contributed by atoms with Gasteiger partial charge in [0.05, 0.1) is 31.0 Å². The van der Waals surface area contributed by atoms with Crippen LogP contribution in [-0.4, -0.2) is 81.9 Å². The molecular formula is C22H26N9O9P. The Kier molecular flexibility index (Phi) is 6.32. The normalized spacial score (nSPS) is 34.4. The van der Waals surface area contributed by atoms with Crippen LogP contribution in [0.15, 0.2) is 29.7 Å². The summed E-state index contributed by atoms with van der Waals surface area (Å²) in [6.07, 6.45) is -0.972. The molecule has 0 aliphatic carbocycles. The van der Waals surface area contributed by atoms with Crippen molar-refractivity contribution in [2.45, 2.75) is 49.9 Å². The first-order chi connectivity index (χ1) is 19.7. The van der Waals surface area contributed by atoms with Crippen molar-refractivity contribution in [3.8, 4) is 0 Å². The molecule has 0 radical (unpaired) electrons. The van der Waals surface area contributed by atoms with E-state index in [1.165, 1.54) is 17.2 Å². The lowest BCUT2D eigenvalue weighted by atomic mass is 9.95. The molecule has 4 aromatic heterocycles. The van der Waals surface area contributed by atoms with Crippen LogP contribution in [0.1, 0.15) is 25.3 Å². The average molecular weight is 591 g/mol. The van der Waals surface area contributed by atoms with Crippen molar-refractivity contribution >= 4 is 41.8 Å². The van der Waals surface area contributed by atoms with Crippen LogP contribution in [0.3, 0.4) is 0 Å². The molecule has 0 saturated carbocycles. The highest BCUT2D eigenvalue weighted by Gasteiger charge is 2.48. The molecule has 7 rings (SSSR count). The number of ether oxygens (including phenoxy) is 3. The van der Waals surface area contributed by atoms with E-state index in [-0.39, 0.29) is 42.6 Å². The van der Waals surface area contributed by atoms with Crippen molar-refractivity contribution in [1.82, 2.24) is 34.1 Å². The number of nitrogens with one attached hydrogen (secondary N) is 1. The zero-order valence-electron chi connectivity index (χ0n) is 21.2. The Morgan fingerprint density at radius 2 is 1.95 bits per heavy atom. The predicted octanol–water partition coefficient (Wildman–Crippen LogP) is -0.229. The second-order valence-electron chi connectivity index (χ2n) is 9.97. The average Bonchev–Trinajstić information content (AvgIpc) is 3.68. The van der Waals surface area contributed by atoms with Crippen molar-refractivity contribution in [2.24, 2.45) is 5.92 Å². The molecule has 0 spiro atoms. The summed E-state index contributed by atoms with van der Waals surface area (Å²) in [5.74, 6) is -0.395. The minimum absolute atomic E-state index is 0.00500. The Labute approximate surface area is 229 Å². The standard InChI is InChI=1S/C22H26N9O9P/c23-16-10-1-3-30(17(10)26-7-25-16)21-15(32)9-2-4-36-13-5-11(40-41(34,35)37-6-12(9)38-21)20(39-13)31-8-27-14-18(31)28-22(24)29-19(14)33/h1,3,7-9,11-13,15,20-21,32H,2,4-6H2,(H,34,35)(H2,23,25,26)(H3,24,28,29,33)/t9-,11-,12-,13?,15-,20-,21-/m1/s1. The quantitative estimate of drug-likeness (QED) is 0.189. The van der Waals surface area contributed by atoms with E-state index >= 15 is 0 Å². The van der Waals surface area contributed by atoms with Gasteiger partial charge in [-0.1, -0.05) is 0 Å². The predicted molar refractivity (Wildman–Crippen MR) is 138 cm³/mol. The number of aliphatic hydroxyl groups is 1. The molecule has 7 heterocycles. The van der Waals surface area contributed by atoms with E-state index < -0.39 is 56.4 Å². The number of nitrogens with two attached hydrogens (primary N) is 2. The number of nitrogens with zero attached hydrogens (tertiary/aromatic N) is 6. The van der Waals surface area contributed by atoms with Crippen molar-refractivity contribution in [3.63, 3.8) is 0 Å². The van der Waals surface area contributed by atoms with Crippen LogP contribution < -0.4 is 17.0 Å². The molecule has 8 atom stereocenters. The number of hydrogen-bond donors (Lipinski definition) is 5. The summed E-state index contributed by atoms with van der Waals surface area (Å²) < 4.78 is 45.1. The second-order valence-corrected chi connectivity index (χ2v) is 11.4. The zero-order valence-corrected chi connectivity index (χ0v) is 22.1. The lowest BCUT2D eigenvalue weighted by molar-refractivity contribution is -0.155. The van der Waals surface area contributed by atoms with E-state index in [1.54, 1.807) is 16.8 Å². The van der Waals surface area contributed by atoms with Gasteiger partial charge in [-0.2, -0.15) is 4.98 Å². The molecule has 0 amide bonds. The Hall–Kier alpha value is -3.48. The van der Waals surface area contributed by atoms with Gasteiger partial charge in [-0.3, -0.25) is 23.4 Å². The molecule has 2 unspecified atom stereocenters. The first-order valence-corrected chi connectivity index (χ1v) is 14.2. The third-order valence-corrected chi connectivity index (χ3v) is 8.53. The van der Waals surface area contributed by atoms with E-state index in [1.807, 2.05) is 0 Å². The van der Waals surface area contributed by atoms with Gasteiger partial charge in [-0.05, 0) is 12.5 Å². The summed E-state index contributed by atoms with van der Waals surface area (Å²) >= 11 is 0. The molecule has 18 nitrogen and oxygen atoms in total. The lowest BCUT2D eigenvalue weighted by Crippen LogP contribution is -2.31. The number of rotatable bonds is 2. The Bertz CT molecular complexity index is 1730. The van der Waals surface area contributed by atoms with Crippen LogP contribution in [0.25, 0.3) is 22.2 Å². The maximum Gasteiger partial charge on any atom is 0.472 e. The molecule has 4 aromatic rings. The Morgan fingerprint density at radius 3 is 2.80 bits per heavy atom. The zero-order chi connectivity index (χ0) is 28.5. The van der Waals surface area contributed by atoms with Crippen LogP contribution in [-0.2, 0) is 27.8 Å². The molecule has 218 valence electrons. The number of phosphoric ester groups is 1. The van der Waals surface area contributed by atoms with Crippen molar-refractivity contribution in [1.29, 1.82) is 0 Å². The number of fused-ring (bicyclic) bond motifs is 5.